The van der Waals surface area contributed by atoms with Crippen LogP contribution >= 0.6 is 0 Å². The lowest BCUT2D eigenvalue weighted by Gasteiger charge is -2.12. The van der Waals surface area contributed by atoms with Gasteiger partial charge >= 0.3 is 0 Å². The lowest BCUT2D eigenvalue weighted by atomic mass is 10.0. The zero-order chi connectivity index (χ0) is 14.0. The van der Waals surface area contributed by atoms with Gasteiger partial charge in [0.2, 0.25) is 11.7 Å². The molecule has 0 aliphatic heterocycles. The predicted octanol–water partition coefficient (Wildman–Crippen LogP) is 2.31. The molecular weight excluding hydrogens is 254 g/mol. The molecule has 0 unspecified atom stereocenters. The summed E-state index contributed by atoms with van der Waals surface area (Å²) in [6.07, 6.45) is 4.50. The number of methoxy groups -OCH3 is 1. The van der Waals surface area contributed by atoms with Crippen LogP contribution in [0.3, 0.4) is 0 Å². The first-order chi connectivity index (χ1) is 9.74. The van der Waals surface area contributed by atoms with E-state index < -0.39 is 0 Å². The van der Waals surface area contributed by atoms with Crippen LogP contribution in [0.15, 0.2) is 28.8 Å². The van der Waals surface area contributed by atoms with Gasteiger partial charge in [-0.05, 0) is 31.2 Å². The molecule has 1 aliphatic carbocycles. The van der Waals surface area contributed by atoms with Crippen LogP contribution in [0.25, 0.3) is 11.4 Å². The SMILES string of the molecule is COC1(CCc2ccc(-c3noc(CN)n3)cc2)CC1. The summed E-state index contributed by atoms with van der Waals surface area (Å²) < 4.78 is 10.5. The molecule has 0 radical (unpaired) electrons. The van der Waals surface area contributed by atoms with Crippen LogP contribution in [0.5, 0.6) is 0 Å². The van der Waals surface area contributed by atoms with Crippen molar-refractivity contribution >= 4 is 0 Å². The number of aryl methyl sites for hydroxylation is 1. The summed E-state index contributed by atoms with van der Waals surface area (Å²) in [6.45, 7) is 0.268. The molecule has 0 spiro atoms. The van der Waals surface area contributed by atoms with Gasteiger partial charge in [-0.3, -0.25) is 0 Å². The Kier molecular flexibility index (Phi) is 3.54. The van der Waals surface area contributed by atoms with Crippen LogP contribution in [0.2, 0.25) is 0 Å². The monoisotopic (exact) mass is 273 g/mol. The maximum Gasteiger partial charge on any atom is 0.240 e. The van der Waals surface area contributed by atoms with Gasteiger partial charge in [0, 0.05) is 12.7 Å². The van der Waals surface area contributed by atoms with E-state index in [-0.39, 0.29) is 12.1 Å². The van der Waals surface area contributed by atoms with E-state index in [0.717, 1.165) is 18.4 Å². The average molecular weight is 273 g/mol. The Hall–Kier alpha value is -1.72. The van der Waals surface area contributed by atoms with E-state index in [4.69, 9.17) is 15.0 Å². The highest BCUT2D eigenvalue weighted by atomic mass is 16.5. The van der Waals surface area contributed by atoms with E-state index >= 15 is 0 Å². The molecule has 106 valence electrons. The fourth-order valence-electron chi connectivity index (χ4n) is 2.34. The Morgan fingerprint density at radius 3 is 2.60 bits per heavy atom. The fraction of sp³-hybridized carbons (Fsp3) is 0.467. The van der Waals surface area contributed by atoms with Crippen molar-refractivity contribution in [3.8, 4) is 11.4 Å². The first-order valence-electron chi connectivity index (χ1n) is 6.92. The molecule has 0 amide bonds. The Balaban J connectivity index is 1.65. The van der Waals surface area contributed by atoms with Crippen LogP contribution in [0.1, 0.15) is 30.7 Å². The van der Waals surface area contributed by atoms with Crippen LogP contribution in [-0.4, -0.2) is 22.9 Å². The highest BCUT2D eigenvalue weighted by Crippen LogP contribution is 2.42. The number of benzene rings is 1. The van der Waals surface area contributed by atoms with Gasteiger partial charge in [-0.25, -0.2) is 0 Å². The molecule has 5 nitrogen and oxygen atoms in total. The van der Waals surface area contributed by atoms with Gasteiger partial charge < -0.3 is 15.0 Å². The van der Waals surface area contributed by atoms with Crippen molar-refractivity contribution in [1.29, 1.82) is 0 Å². The number of rotatable bonds is 6. The van der Waals surface area contributed by atoms with E-state index in [9.17, 15) is 0 Å². The minimum Gasteiger partial charge on any atom is -0.378 e. The van der Waals surface area contributed by atoms with Crippen molar-refractivity contribution in [1.82, 2.24) is 10.1 Å². The lowest BCUT2D eigenvalue weighted by Crippen LogP contribution is -2.12. The second kappa shape index (κ2) is 5.34. The Labute approximate surface area is 118 Å². The van der Waals surface area contributed by atoms with Gasteiger partial charge in [0.05, 0.1) is 12.1 Å². The zero-order valence-corrected chi connectivity index (χ0v) is 11.6. The molecule has 3 rings (SSSR count). The molecule has 5 heteroatoms. The van der Waals surface area contributed by atoms with Gasteiger partial charge in [0.25, 0.3) is 0 Å². The van der Waals surface area contributed by atoms with Crippen molar-refractivity contribution in [2.24, 2.45) is 5.73 Å². The van der Waals surface area contributed by atoms with Gasteiger partial charge in [0.1, 0.15) is 0 Å². The van der Waals surface area contributed by atoms with E-state index in [1.807, 2.05) is 12.1 Å². The molecule has 1 aromatic carbocycles. The topological polar surface area (TPSA) is 74.2 Å². The molecule has 1 aliphatic rings. The Bertz CT molecular complexity index is 573. The highest BCUT2D eigenvalue weighted by Gasteiger charge is 2.42. The van der Waals surface area contributed by atoms with Gasteiger partial charge in [0.15, 0.2) is 0 Å². The largest absolute Gasteiger partial charge is 0.378 e. The summed E-state index contributed by atoms with van der Waals surface area (Å²) in [5.41, 5.74) is 7.87. The van der Waals surface area contributed by atoms with Crippen LogP contribution < -0.4 is 5.73 Å². The molecule has 20 heavy (non-hydrogen) atoms. The molecule has 1 heterocycles. The number of hydrogen-bond acceptors (Lipinski definition) is 5. The van der Waals surface area contributed by atoms with Crippen molar-refractivity contribution in [2.45, 2.75) is 37.8 Å². The maximum atomic E-state index is 5.53. The zero-order valence-electron chi connectivity index (χ0n) is 11.6. The Morgan fingerprint density at radius 2 is 2.05 bits per heavy atom. The number of nitrogens with two attached hydrogens (primary N) is 1. The molecule has 1 fully saturated rings. The number of nitrogens with zero attached hydrogens (tertiary/aromatic N) is 2. The normalized spacial score (nSPS) is 16.3. The maximum absolute atomic E-state index is 5.53. The molecule has 2 N–H and O–H groups in total. The summed E-state index contributed by atoms with van der Waals surface area (Å²) in [6, 6.07) is 8.26. The molecule has 1 saturated carbocycles. The molecular formula is C15H19N3O2. The smallest absolute Gasteiger partial charge is 0.240 e. The summed E-state index contributed by atoms with van der Waals surface area (Å²) in [4.78, 5) is 4.21. The minimum absolute atomic E-state index is 0.155. The number of aromatic nitrogens is 2. The standard InChI is InChI=1S/C15H19N3O2/c1-19-15(8-9-15)7-6-11-2-4-12(5-3-11)14-17-13(10-16)20-18-14/h2-5H,6-10,16H2,1H3. The number of ether oxygens (including phenoxy) is 1. The van der Waals surface area contributed by atoms with Crippen molar-refractivity contribution in [3.63, 3.8) is 0 Å². The first kappa shape index (κ1) is 13.3. The van der Waals surface area contributed by atoms with Crippen LogP contribution in [0, 0.1) is 0 Å². The molecule has 0 bridgehead atoms. The third kappa shape index (κ3) is 2.73. The van der Waals surface area contributed by atoms with E-state index in [1.165, 1.54) is 18.4 Å². The van der Waals surface area contributed by atoms with E-state index in [1.54, 1.807) is 7.11 Å². The number of hydrogen-bond donors (Lipinski definition) is 1. The second-order valence-corrected chi connectivity index (χ2v) is 5.30. The van der Waals surface area contributed by atoms with Crippen LogP contribution in [0.4, 0.5) is 0 Å². The van der Waals surface area contributed by atoms with Crippen molar-refractivity contribution < 1.29 is 9.26 Å². The summed E-state index contributed by atoms with van der Waals surface area (Å²) >= 11 is 0. The first-order valence-corrected chi connectivity index (χ1v) is 6.92. The highest BCUT2D eigenvalue weighted by molar-refractivity contribution is 5.54. The molecule has 1 aromatic heterocycles. The van der Waals surface area contributed by atoms with Crippen molar-refractivity contribution in [3.05, 3.63) is 35.7 Å². The molecule has 0 saturated heterocycles. The predicted molar refractivity (Wildman–Crippen MR) is 74.9 cm³/mol. The second-order valence-electron chi connectivity index (χ2n) is 5.30. The average Bonchev–Trinajstić information content (AvgIpc) is 3.13. The van der Waals surface area contributed by atoms with Gasteiger partial charge in [-0.15, -0.1) is 0 Å². The summed E-state index contributed by atoms with van der Waals surface area (Å²) in [5, 5.41) is 3.91. The lowest BCUT2D eigenvalue weighted by molar-refractivity contribution is 0.0731. The van der Waals surface area contributed by atoms with Gasteiger partial charge in [-0.2, -0.15) is 4.98 Å². The third-order valence-electron chi connectivity index (χ3n) is 3.96. The van der Waals surface area contributed by atoms with E-state index in [0.29, 0.717) is 11.7 Å². The summed E-state index contributed by atoms with van der Waals surface area (Å²) in [7, 11) is 1.81. The van der Waals surface area contributed by atoms with Crippen molar-refractivity contribution in [2.75, 3.05) is 7.11 Å². The fourth-order valence-corrected chi connectivity index (χ4v) is 2.34. The summed E-state index contributed by atoms with van der Waals surface area (Å²) in [5.74, 6) is 1.05. The Morgan fingerprint density at radius 1 is 1.30 bits per heavy atom. The van der Waals surface area contributed by atoms with Crippen LogP contribution in [-0.2, 0) is 17.7 Å². The van der Waals surface area contributed by atoms with Gasteiger partial charge in [-0.1, -0.05) is 29.4 Å². The van der Waals surface area contributed by atoms with E-state index in [2.05, 4.69) is 22.3 Å². The quantitative estimate of drug-likeness (QED) is 0.874. The third-order valence-corrected chi connectivity index (χ3v) is 3.96. The molecule has 0 atom stereocenters. The molecule has 2 aromatic rings. The minimum atomic E-state index is 0.155.